The van der Waals surface area contributed by atoms with Gasteiger partial charge in [0.15, 0.2) is 0 Å². The second-order valence-electron chi connectivity index (χ2n) is 6.82. The molecule has 3 heterocycles. The van der Waals surface area contributed by atoms with Crippen molar-refractivity contribution in [3.8, 4) is 0 Å². The smallest absolute Gasteiger partial charge is 0.260 e. The molecule has 0 atom stereocenters. The van der Waals surface area contributed by atoms with Gasteiger partial charge >= 0.3 is 0 Å². The molecule has 4 rings (SSSR count). The van der Waals surface area contributed by atoms with Crippen LogP contribution in [0.25, 0.3) is 0 Å². The molecule has 2 amide bonds. The number of hydrogen-bond donors (Lipinski definition) is 1. The van der Waals surface area contributed by atoms with Gasteiger partial charge in [-0.2, -0.15) is 0 Å². The Morgan fingerprint density at radius 3 is 2.62 bits per heavy atom. The van der Waals surface area contributed by atoms with E-state index in [0.717, 1.165) is 11.3 Å². The van der Waals surface area contributed by atoms with Crippen LogP contribution >= 0.6 is 11.6 Å². The van der Waals surface area contributed by atoms with Crippen LogP contribution in [0.15, 0.2) is 41.3 Å². The number of pyridine rings is 1. The summed E-state index contributed by atoms with van der Waals surface area (Å²) in [5.41, 5.74) is 0.956. The fourth-order valence-electron chi connectivity index (χ4n) is 4.08. The molecular weight excluding hydrogens is 354 g/mol. The van der Waals surface area contributed by atoms with Gasteiger partial charge in [-0.1, -0.05) is 29.8 Å². The summed E-state index contributed by atoms with van der Waals surface area (Å²) in [5, 5.41) is 0.308. The normalized spacial score (nSPS) is 18.3. The summed E-state index contributed by atoms with van der Waals surface area (Å²) >= 11 is 5.90. The molecule has 26 heavy (non-hydrogen) atoms. The molecule has 134 valence electrons. The molecule has 2 aromatic rings. The molecule has 6 nitrogen and oxygen atoms in total. The third-order valence-electron chi connectivity index (χ3n) is 5.50. The van der Waals surface area contributed by atoms with Gasteiger partial charge in [-0.15, -0.1) is 0 Å². The van der Waals surface area contributed by atoms with Crippen molar-refractivity contribution < 1.29 is 9.59 Å². The number of aromatic amines is 1. The Morgan fingerprint density at radius 1 is 1.19 bits per heavy atom. The molecule has 1 N–H and O–H groups in total. The van der Waals surface area contributed by atoms with Gasteiger partial charge in [-0.3, -0.25) is 14.4 Å². The van der Waals surface area contributed by atoms with Crippen molar-refractivity contribution in [1.29, 1.82) is 0 Å². The molecule has 2 aliphatic rings. The maximum absolute atomic E-state index is 12.9. The van der Waals surface area contributed by atoms with Gasteiger partial charge in [0.2, 0.25) is 5.91 Å². The molecule has 0 aliphatic carbocycles. The highest BCUT2D eigenvalue weighted by molar-refractivity contribution is 6.30. The van der Waals surface area contributed by atoms with Gasteiger partial charge in [-0.25, -0.2) is 0 Å². The molecule has 1 fully saturated rings. The van der Waals surface area contributed by atoms with Crippen molar-refractivity contribution in [3.63, 3.8) is 0 Å². The minimum absolute atomic E-state index is 0.0312. The van der Waals surface area contributed by atoms with Crippen molar-refractivity contribution in [2.45, 2.75) is 18.3 Å². The second-order valence-corrected chi connectivity index (χ2v) is 7.25. The summed E-state index contributed by atoms with van der Waals surface area (Å²) in [6, 6.07) is 9.19. The zero-order valence-corrected chi connectivity index (χ0v) is 15.0. The highest BCUT2D eigenvalue weighted by Crippen LogP contribution is 2.47. The number of halogens is 1. The molecule has 0 saturated carbocycles. The number of nitrogens with one attached hydrogen (secondary N) is 1. The molecule has 0 radical (unpaired) electrons. The molecule has 2 aliphatic heterocycles. The van der Waals surface area contributed by atoms with Gasteiger partial charge in [0.25, 0.3) is 11.5 Å². The monoisotopic (exact) mass is 371 g/mol. The van der Waals surface area contributed by atoms with Crippen LogP contribution in [0.5, 0.6) is 0 Å². The van der Waals surface area contributed by atoms with E-state index in [0.29, 0.717) is 31.0 Å². The summed E-state index contributed by atoms with van der Waals surface area (Å²) in [4.78, 5) is 43.4. The van der Waals surface area contributed by atoms with Gasteiger partial charge in [0.05, 0.1) is 10.4 Å². The Labute approximate surface area is 155 Å². The third kappa shape index (κ3) is 2.36. The first-order valence-corrected chi connectivity index (χ1v) is 8.87. The minimum atomic E-state index is -0.580. The van der Waals surface area contributed by atoms with Crippen molar-refractivity contribution in [1.82, 2.24) is 9.88 Å². The number of aromatic nitrogens is 1. The summed E-state index contributed by atoms with van der Waals surface area (Å²) < 4.78 is 0. The first kappa shape index (κ1) is 16.8. The van der Waals surface area contributed by atoms with Crippen molar-refractivity contribution >= 4 is 29.1 Å². The number of likely N-dealkylation sites (N-methyl/N-ethyl adjacent to an activating group) is 1. The van der Waals surface area contributed by atoms with Gasteiger partial charge in [-0.05, 0) is 30.5 Å². The second kappa shape index (κ2) is 5.99. The van der Waals surface area contributed by atoms with Crippen molar-refractivity contribution in [2.24, 2.45) is 0 Å². The first-order chi connectivity index (χ1) is 12.4. The molecule has 0 unspecified atom stereocenters. The van der Waals surface area contributed by atoms with Crippen LogP contribution in [0.3, 0.4) is 0 Å². The van der Waals surface area contributed by atoms with E-state index in [9.17, 15) is 14.4 Å². The fraction of sp³-hybridized carbons (Fsp3) is 0.316. The molecule has 7 heteroatoms. The SMILES string of the molecule is CN1C(=O)C2(CCN(C(=O)c3cc(Cl)c[nH]c3=O)CC2)c2ccccc21. The van der Waals surface area contributed by atoms with E-state index >= 15 is 0 Å². The van der Waals surface area contributed by atoms with Gasteiger partial charge in [0, 0.05) is 32.0 Å². The largest absolute Gasteiger partial charge is 0.338 e. The number of H-pyrrole nitrogens is 1. The zero-order valence-electron chi connectivity index (χ0n) is 14.3. The number of fused-ring (bicyclic) bond motifs is 2. The van der Waals surface area contributed by atoms with E-state index in [-0.39, 0.29) is 17.4 Å². The number of anilines is 1. The van der Waals surface area contributed by atoms with Gasteiger partial charge < -0.3 is 14.8 Å². The lowest BCUT2D eigenvalue weighted by atomic mass is 9.73. The number of amides is 2. The summed E-state index contributed by atoms with van der Waals surface area (Å²) in [7, 11) is 1.79. The maximum Gasteiger partial charge on any atom is 0.260 e. The highest BCUT2D eigenvalue weighted by atomic mass is 35.5. The summed E-state index contributed by atoms with van der Waals surface area (Å²) in [6.07, 6.45) is 2.44. The van der Waals surface area contributed by atoms with Crippen LogP contribution in [0.4, 0.5) is 5.69 Å². The van der Waals surface area contributed by atoms with E-state index in [4.69, 9.17) is 11.6 Å². The standard InChI is InChI=1S/C19H18ClN3O3/c1-22-15-5-3-2-4-14(15)19(18(22)26)6-8-23(9-7-19)17(25)13-10-12(20)11-21-16(13)24/h2-5,10-11H,6-9H2,1H3,(H,21,24). The number of piperidine rings is 1. The quantitative estimate of drug-likeness (QED) is 0.835. The topological polar surface area (TPSA) is 73.5 Å². The predicted octanol–water partition coefficient (Wildman–Crippen LogP) is 2.18. The van der Waals surface area contributed by atoms with E-state index < -0.39 is 11.0 Å². The molecule has 1 aromatic heterocycles. The van der Waals surface area contributed by atoms with E-state index in [1.165, 1.54) is 12.3 Å². The average Bonchev–Trinajstić information content (AvgIpc) is 2.87. The predicted molar refractivity (Wildman–Crippen MR) is 98.7 cm³/mol. The van der Waals surface area contributed by atoms with Crippen molar-refractivity contribution in [3.05, 3.63) is 63.0 Å². The van der Waals surface area contributed by atoms with Crippen LogP contribution in [-0.4, -0.2) is 41.8 Å². The first-order valence-electron chi connectivity index (χ1n) is 8.49. The van der Waals surface area contributed by atoms with Crippen LogP contribution in [0.1, 0.15) is 28.8 Å². The Hall–Kier alpha value is -2.60. The van der Waals surface area contributed by atoms with E-state index in [2.05, 4.69) is 4.98 Å². The molecule has 1 saturated heterocycles. The number of nitrogens with zero attached hydrogens (tertiary/aromatic N) is 2. The third-order valence-corrected chi connectivity index (χ3v) is 5.72. The van der Waals surface area contributed by atoms with Crippen LogP contribution < -0.4 is 10.5 Å². The van der Waals surface area contributed by atoms with E-state index in [1.54, 1.807) is 16.8 Å². The number of hydrogen-bond acceptors (Lipinski definition) is 3. The lowest BCUT2D eigenvalue weighted by molar-refractivity contribution is -0.124. The van der Waals surface area contributed by atoms with Crippen LogP contribution in [0.2, 0.25) is 5.02 Å². The number of rotatable bonds is 1. The Balaban J connectivity index is 1.60. The molecule has 1 spiro atoms. The molecular formula is C19H18ClN3O3. The van der Waals surface area contributed by atoms with Gasteiger partial charge in [0.1, 0.15) is 5.56 Å². The summed E-state index contributed by atoms with van der Waals surface area (Å²) in [6.45, 7) is 0.831. The lowest BCUT2D eigenvalue weighted by Gasteiger charge is -2.38. The average molecular weight is 372 g/mol. The van der Waals surface area contributed by atoms with Crippen LogP contribution in [0, 0.1) is 0 Å². The Kier molecular flexibility index (Phi) is 3.88. The molecule has 0 bridgehead atoms. The van der Waals surface area contributed by atoms with E-state index in [1.807, 2.05) is 24.3 Å². The number of benzene rings is 1. The number of carbonyl (C=O) groups excluding carboxylic acids is 2. The van der Waals surface area contributed by atoms with Crippen molar-refractivity contribution in [2.75, 3.05) is 25.0 Å². The number of carbonyl (C=O) groups is 2. The lowest BCUT2D eigenvalue weighted by Crippen LogP contribution is -2.50. The Morgan fingerprint density at radius 2 is 1.88 bits per heavy atom. The number of para-hydroxylation sites is 1. The number of likely N-dealkylation sites (tertiary alicyclic amines) is 1. The highest BCUT2D eigenvalue weighted by Gasteiger charge is 2.51. The Bertz CT molecular complexity index is 960. The molecule has 1 aromatic carbocycles. The fourth-order valence-corrected chi connectivity index (χ4v) is 4.24. The minimum Gasteiger partial charge on any atom is -0.338 e. The summed E-state index contributed by atoms with van der Waals surface area (Å²) in [5.74, 6) is -0.276. The maximum atomic E-state index is 12.9. The van der Waals surface area contributed by atoms with Crippen LogP contribution in [-0.2, 0) is 10.2 Å². The zero-order chi connectivity index (χ0) is 18.5.